The number of likely N-dealkylation sites (tertiary alicyclic amines) is 1. The van der Waals surface area contributed by atoms with Crippen LogP contribution in [-0.4, -0.2) is 47.2 Å². The molecule has 25 heavy (non-hydrogen) atoms. The van der Waals surface area contributed by atoms with E-state index in [1.165, 1.54) is 6.42 Å². The van der Waals surface area contributed by atoms with Crippen LogP contribution in [0.15, 0.2) is 22.6 Å². The number of nitrogens with zero attached hydrogens (tertiary/aromatic N) is 3. The molecule has 134 valence electrons. The lowest BCUT2D eigenvalue weighted by atomic mass is 10.0. The van der Waals surface area contributed by atoms with E-state index in [4.69, 9.17) is 37.1 Å². The lowest BCUT2D eigenvalue weighted by Gasteiger charge is -2.37. The summed E-state index contributed by atoms with van der Waals surface area (Å²) in [6.45, 7) is 2.86. The number of ether oxygens (including phenoxy) is 2. The minimum Gasteiger partial charge on any atom is -0.419 e. The first kappa shape index (κ1) is 17.2. The maximum atomic E-state index is 6.22. The SMILES string of the molecule is Clc1ccc(-c2nnc(CN3CCCCC3C3OCCO3)o2)c(Cl)c1. The fourth-order valence-corrected chi connectivity index (χ4v) is 3.87. The fourth-order valence-electron chi connectivity index (χ4n) is 3.38. The molecule has 2 aliphatic rings. The zero-order valence-corrected chi connectivity index (χ0v) is 15.2. The molecule has 1 aromatic carbocycles. The highest BCUT2D eigenvalue weighted by Gasteiger charge is 2.34. The van der Waals surface area contributed by atoms with E-state index in [1.807, 2.05) is 0 Å². The van der Waals surface area contributed by atoms with Gasteiger partial charge < -0.3 is 13.9 Å². The van der Waals surface area contributed by atoms with Crippen molar-refractivity contribution in [2.45, 2.75) is 38.1 Å². The number of piperidine rings is 1. The Labute approximate surface area is 156 Å². The lowest BCUT2D eigenvalue weighted by molar-refractivity contribution is -0.112. The normalized spacial score (nSPS) is 22.6. The predicted molar refractivity (Wildman–Crippen MR) is 93.5 cm³/mol. The zero-order valence-electron chi connectivity index (χ0n) is 13.7. The van der Waals surface area contributed by atoms with Gasteiger partial charge in [0.2, 0.25) is 11.8 Å². The van der Waals surface area contributed by atoms with E-state index in [1.54, 1.807) is 18.2 Å². The Hall–Kier alpha value is -1.18. The van der Waals surface area contributed by atoms with Gasteiger partial charge in [-0.05, 0) is 37.6 Å². The molecular formula is C17H19Cl2N3O3. The first-order valence-electron chi connectivity index (χ1n) is 8.46. The molecule has 6 nitrogen and oxygen atoms in total. The van der Waals surface area contributed by atoms with Crippen LogP contribution in [0.1, 0.15) is 25.2 Å². The molecule has 0 amide bonds. The van der Waals surface area contributed by atoms with Crippen LogP contribution in [0.2, 0.25) is 10.0 Å². The first-order chi connectivity index (χ1) is 12.2. The van der Waals surface area contributed by atoms with Gasteiger partial charge >= 0.3 is 0 Å². The second-order valence-corrected chi connectivity index (χ2v) is 7.11. The van der Waals surface area contributed by atoms with Gasteiger partial charge in [-0.2, -0.15) is 0 Å². The molecule has 4 rings (SSSR count). The van der Waals surface area contributed by atoms with Gasteiger partial charge in [0.25, 0.3) is 0 Å². The van der Waals surface area contributed by atoms with Crippen LogP contribution >= 0.6 is 23.2 Å². The monoisotopic (exact) mass is 383 g/mol. The lowest BCUT2D eigenvalue weighted by Crippen LogP contribution is -2.46. The highest BCUT2D eigenvalue weighted by Crippen LogP contribution is 2.30. The highest BCUT2D eigenvalue weighted by molar-refractivity contribution is 6.36. The molecule has 0 N–H and O–H groups in total. The van der Waals surface area contributed by atoms with Crippen LogP contribution in [0.5, 0.6) is 0 Å². The number of hydrogen-bond donors (Lipinski definition) is 0. The summed E-state index contributed by atoms with van der Waals surface area (Å²) in [5.74, 6) is 0.963. The topological polar surface area (TPSA) is 60.6 Å². The summed E-state index contributed by atoms with van der Waals surface area (Å²) in [5, 5.41) is 9.37. The van der Waals surface area contributed by atoms with Crippen molar-refractivity contribution in [3.8, 4) is 11.5 Å². The maximum Gasteiger partial charge on any atom is 0.249 e. The Bertz CT molecular complexity index is 734. The summed E-state index contributed by atoms with van der Waals surface area (Å²) in [6, 6.07) is 5.43. The van der Waals surface area contributed by atoms with Gasteiger partial charge in [-0.15, -0.1) is 10.2 Å². The van der Waals surface area contributed by atoms with E-state index in [-0.39, 0.29) is 12.3 Å². The average molecular weight is 384 g/mol. The van der Waals surface area contributed by atoms with Crippen LogP contribution in [0.25, 0.3) is 11.5 Å². The Morgan fingerprint density at radius 1 is 1.12 bits per heavy atom. The van der Waals surface area contributed by atoms with Gasteiger partial charge in [0.15, 0.2) is 6.29 Å². The summed E-state index contributed by atoms with van der Waals surface area (Å²) < 4.78 is 17.2. The van der Waals surface area contributed by atoms with E-state index >= 15 is 0 Å². The molecule has 2 aliphatic heterocycles. The van der Waals surface area contributed by atoms with Crippen molar-refractivity contribution >= 4 is 23.2 Å². The third-order valence-electron chi connectivity index (χ3n) is 4.59. The number of hydrogen-bond acceptors (Lipinski definition) is 6. The van der Waals surface area contributed by atoms with Gasteiger partial charge in [-0.25, -0.2) is 0 Å². The van der Waals surface area contributed by atoms with Crippen molar-refractivity contribution < 1.29 is 13.9 Å². The molecular weight excluding hydrogens is 365 g/mol. The molecule has 2 saturated heterocycles. The number of rotatable bonds is 4. The van der Waals surface area contributed by atoms with Crippen molar-refractivity contribution in [3.05, 3.63) is 34.1 Å². The van der Waals surface area contributed by atoms with Gasteiger partial charge in [0.05, 0.1) is 36.4 Å². The standard InChI is InChI=1S/C17H19Cl2N3O3/c18-11-4-5-12(13(19)9-11)16-21-20-15(25-16)10-22-6-2-1-3-14(22)17-23-7-8-24-17/h4-5,9,14,17H,1-3,6-8,10H2. The summed E-state index contributed by atoms with van der Waals surface area (Å²) in [6.07, 6.45) is 3.22. The number of halogens is 2. The second-order valence-electron chi connectivity index (χ2n) is 6.27. The van der Waals surface area contributed by atoms with Crippen molar-refractivity contribution in [2.75, 3.05) is 19.8 Å². The van der Waals surface area contributed by atoms with E-state index in [9.17, 15) is 0 Å². The number of aromatic nitrogens is 2. The molecule has 0 spiro atoms. The summed E-state index contributed by atoms with van der Waals surface area (Å²) in [4.78, 5) is 2.31. The average Bonchev–Trinajstić information content (AvgIpc) is 3.27. The smallest absolute Gasteiger partial charge is 0.249 e. The van der Waals surface area contributed by atoms with Crippen LogP contribution in [0.3, 0.4) is 0 Å². The van der Waals surface area contributed by atoms with E-state index < -0.39 is 0 Å². The Balaban J connectivity index is 1.49. The number of benzene rings is 1. The molecule has 0 bridgehead atoms. The molecule has 1 atom stereocenters. The summed E-state index contributed by atoms with van der Waals surface area (Å²) in [7, 11) is 0. The third kappa shape index (κ3) is 3.83. The Morgan fingerprint density at radius 2 is 1.96 bits per heavy atom. The van der Waals surface area contributed by atoms with Crippen LogP contribution in [-0.2, 0) is 16.0 Å². The van der Waals surface area contributed by atoms with Gasteiger partial charge in [0, 0.05) is 5.02 Å². The van der Waals surface area contributed by atoms with Crippen molar-refractivity contribution in [3.63, 3.8) is 0 Å². The van der Waals surface area contributed by atoms with E-state index in [2.05, 4.69) is 15.1 Å². The molecule has 0 saturated carbocycles. The second kappa shape index (κ2) is 7.60. The summed E-state index contributed by atoms with van der Waals surface area (Å²) >= 11 is 12.2. The van der Waals surface area contributed by atoms with Gasteiger partial charge in [0.1, 0.15) is 0 Å². The van der Waals surface area contributed by atoms with Crippen molar-refractivity contribution in [1.29, 1.82) is 0 Å². The Morgan fingerprint density at radius 3 is 2.76 bits per heavy atom. The molecule has 0 radical (unpaired) electrons. The van der Waals surface area contributed by atoms with E-state index in [0.29, 0.717) is 47.1 Å². The third-order valence-corrected chi connectivity index (χ3v) is 5.14. The van der Waals surface area contributed by atoms with Crippen LogP contribution < -0.4 is 0 Å². The molecule has 8 heteroatoms. The fraction of sp³-hybridized carbons (Fsp3) is 0.529. The van der Waals surface area contributed by atoms with Gasteiger partial charge in [-0.3, -0.25) is 4.90 Å². The van der Waals surface area contributed by atoms with Crippen molar-refractivity contribution in [2.24, 2.45) is 0 Å². The van der Waals surface area contributed by atoms with Crippen LogP contribution in [0, 0.1) is 0 Å². The minimum absolute atomic E-state index is 0.159. The van der Waals surface area contributed by atoms with Gasteiger partial charge in [-0.1, -0.05) is 29.6 Å². The quantitative estimate of drug-likeness (QED) is 0.800. The first-order valence-corrected chi connectivity index (χ1v) is 9.21. The molecule has 0 aliphatic carbocycles. The van der Waals surface area contributed by atoms with Crippen molar-refractivity contribution in [1.82, 2.24) is 15.1 Å². The Kier molecular flexibility index (Phi) is 5.24. The van der Waals surface area contributed by atoms with Crippen LogP contribution in [0.4, 0.5) is 0 Å². The summed E-state index contributed by atoms with van der Waals surface area (Å²) in [5.41, 5.74) is 0.683. The van der Waals surface area contributed by atoms with E-state index in [0.717, 1.165) is 19.4 Å². The largest absolute Gasteiger partial charge is 0.419 e. The predicted octanol–water partition coefficient (Wildman–Crippen LogP) is 3.77. The molecule has 1 aromatic heterocycles. The molecule has 2 fully saturated rings. The molecule has 3 heterocycles. The molecule has 2 aromatic rings. The minimum atomic E-state index is -0.159. The maximum absolute atomic E-state index is 6.22. The highest BCUT2D eigenvalue weighted by atomic mass is 35.5. The molecule has 1 unspecified atom stereocenters. The zero-order chi connectivity index (χ0) is 17.2.